The molecule has 1 fully saturated rings. The Morgan fingerprint density at radius 1 is 1.08 bits per heavy atom. The highest BCUT2D eigenvalue weighted by molar-refractivity contribution is 8.18. The first-order valence-corrected chi connectivity index (χ1v) is 8.23. The second-order valence-electron chi connectivity index (χ2n) is 4.98. The van der Waals surface area contributed by atoms with Crippen LogP contribution in [0.2, 0.25) is 0 Å². The van der Waals surface area contributed by atoms with Gasteiger partial charge < -0.3 is 5.11 Å². The molecule has 6 heteroatoms. The van der Waals surface area contributed by atoms with Crippen LogP contribution < -0.4 is 4.90 Å². The third kappa shape index (κ3) is 3.53. The van der Waals surface area contributed by atoms with Crippen molar-refractivity contribution < 1.29 is 14.7 Å². The van der Waals surface area contributed by atoms with Crippen molar-refractivity contribution >= 4 is 46.3 Å². The van der Waals surface area contributed by atoms with E-state index < -0.39 is 11.1 Å². The van der Waals surface area contributed by atoms with Crippen LogP contribution in [0.5, 0.6) is 5.75 Å². The molecule has 0 unspecified atom stereocenters. The number of allylic oxidation sites excluding steroid dienone is 2. The third-order valence-electron chi connectivity index (χ3n) is 3.25. The van der Waals surface area contributed by atoms with E-state index in [0.717, 1.165) is 22.2 Å². The largest absolute Gasteiger partial charge is 0.508 e. The second-order valence-corrected chi connectivity index (χ2v) is 6.41. The van der Waals surface area contributed by atoms with Gasteiger partial charge >= 0.3 is 0 Å². The quantitative estimate of drug-likeness (QED) is 0.805. The first-order valence-electron chi connectivity index (χ1n) is 7.04. The van der Waals surface area contributed by atoms with E-state index in [0.29, 0.717) is 10.7 Å². The van der Waals surface area contributed by atoms with Gasteiger partial charge in [0, 0.05) is 11.1 Å². The Balaban J connectivity index is 1.87. The van der Waals surface area contributed by atoms with Crippen molar-refractivity contribution in [1.29, 1.82) is 0 Å². The standard InChI is InChI=1S/C18H12ClNO3S/c19-13(9-12-5-2-1-3-6-12)10-16-17(22)20(18(23)24-16)14-7-4-8-15(21)11-14/h1-11,21H. The number of aromatic hydroxyl groups is 1. The molecular formula is C18H12ClNO3S. The zero-order chi connectivity index (χ0) is 17.1. The fourth-order valence-electron chi connectivity index (χ4n) is 2.20. The van der Waals surface area contributed by atoms with Gasteiger partial charge in [0.05, 0.1) is 10.6 Å². The zero-order valence-corrected chi connectivity index (χ0v) is 13.9. The lowest BCUT2D eigenvalue weighted by Gasteiger charge is -2.12. The van der Waals surface area contributed by atoms with E-state index in [1.165, 1.54) is 18.2 Å². The summed E-state index contributed by atoms with van der Waals surface area (Å²) < 4.78 is 0. The summed E-state index contributed by atoms with van der Waals surface area (Å²) >= 11 is 6.99. The van der Waals surface area contributed by atoms with Crippen LogP contribution in [-0.4, -0.2) is 16.3 Å². The van der Waals surface area contributed by atoms with Crippen molar-refractivity contribution in [3.8, 4) is 5.75 Å². The van der Waals surface area contributed by atoms with Gasteiger partial charge in [-0.05, 0) is 41.6 Å². The van der Waals surface area contributed by atoms with Crippen LogP contribution in [0.3, 0.4) is 0 Å². The average molecular weight is 358 g/mol. The molecular weight excluding hydrogens is 346 g/mol. The average Bonchev–Trinajstić information content (AvgIpc) is 2.82. The highest BCUT2D eigenvalue weighted by atomic mass is 35.5. The molecule has 4 nitrogen and oxygen atoms in total. The minimum absolute atomic E-state index is 0.0162. The minimum Gasteiger partial charge on any atom is -0.508 e. The normalized spacial score (nSPS) is 17.0. The van der Waals surface area contributed by atoms with Crippen LogP contribution in [0.4, 0.5) is 10.5 Å². The maximum atomic E-state index is 12.5. The van der Waals surface area contributed by atoms with Crippen molar-refractivity contribution in [2.75, 3.05) is 4.90 Å². The molecule has 0 atom stereocenters. The van der Waals surface area contributed by atoms with Crippen molar-refractivity contribution in [2.24, 2.45) is 0 Å². The predicted molar refractivity (Wildman–Crippen MR) is 96.9 cm³/mol. The van der Waals surface area contributed by atoms with Gasteiger partial charge in [0.2, 0.25) is 0 Å². The van der Waals surface area contributed by atoms with E-state index in [2.05, 4.69) is 0 Å². The van der Waals surface area contributed by atoms with Gasteiger partial charge in [0.25, 0.3) is 11.1 Å². The topological polar surface area (TPSA) is 57.6 Å². The molecule has 1 N–H and O–H groups in total. The van der Waals surface area contributed by atoms with Crippen LogP contribution in [0.1, 0.15) is 5.56 Å². The Hall–Kier alpha value is -2.50. The number of phenols is 1. The van der Waals surface area contributed by atoms with Crippen molar-refractivity contribution in [1.82, 2.24) is 0 Å². The molecule has 2 aromatic carbocycles. The maximum Gasteiger partial charge on any atom is 0.298 e. The lowest BCUT2D eigenvalue weighted by molar-refractivity contribution is -0.113. The first-order chi connectivity index (χ1) is 11.5. The number of carbonyl (C=O) groups excluding carboxylic acids is 2. The van der Waals surface area contributed by atoms with Gasteiger partial charge in [-0.25, -0.2) is 4.90 Å². The number of thioether (sulfide) groups is 1. The number of rotatable bonds is 3. The summed E-state index contributed by atoms with van der Waals surface area (Å²) in [5.41, 5.74) is 1.22. The smallest absolute Gasteiger partial charge is 0.298 e. The number of carbonyl (C=O) groups is 2. The van der Waals surface area contributed by atoms with Crippen molar-refractivity contribution in [2.45, 2.75) is 0 Å². The number of anilines is 1. The fraction of sp³-hybridized carbons (Fsp3) is 0. The molecule has 0 aromatic heterocycles. The molecule has 0 aliphatic carbocycles. The minimum atomic E-state index is -0.463. The molecule has 2 aromatic rings. The van der Waals surface area contributed by atoms with E-state index >= 15 is 0 Å². The summed E-state index contributed by atoms with van der Waals surface area (Å²) in [4.78, 5) is 25.8. The number of hydrogen-bond donors (Lipinski definition) is 1. The predicted octanol–water partition coefficient (Wildman–Crippen LogP) is 4.76. The van der Waals surface area contributed by atoms with Crippen LogP contribution in [0.25, 0.3) is 6.08 Å². The number of halogens is 1. The summed E-state index contributed by atoms with van der Waals surface area (Å²) in [7, 11) is 0. The first kappa shape index (κ1) is 16.4. The summed E-state index contributed by atoms with van der Waals surface area (Å²) in [6.45, 7) is 0. The Morgan fingerprint density at radius 2 is 1.83 bits per heavy atom. The van der Waals surface area contributed by atoms with Crippen molar-refractivity contribution in [3.05, 3.63) is 76.2 Å². The van der Waals surface area contributed by atoms with Crippen molar-refractivity contribution in [3.63, 3.8) is 0 Å². The monoisotopic (exact) mass is 357 g/mol. The number of amides is 2. The molecule has 0 radical (unpaired) electrons. The highest BCUT2D eigenvalue weighted by Crippen LogP contribution is 2.36. The number of nitrogens with zero attached hydrogens (tertiary/aromatic N) is 1. The highest BCUT2D eigenvalue weighted by Gasteiger charge is 2.36. The van der Waals surface area contributed by atoms with E-state index in [9.17, 15) is 14.7 Å². The van der Waals surface area contributed by atoms with Crippen LogP contribution in [0.15, 0.2) is 70.6 Å². The molecule has 1 saturated heterocycles. The Labute approximate surface area is 148 Å². The molecule has 0 saturated carbocycles. The summed E-state index contributed by atoms with van der Waals surface area (Å²) in [5.74, 6) is -0.479. The Morgan fingerprint density at radius 3 is 2.54 bits per heavy atom. The fourth-order valence-corrected chi connectivity index (χ4v) is 3.33. The van der Waals surface area contributed by atoms with Gasteiger partial charge in [-0.15, -0.1) is 0 Å². The molecule has 120 valence electrons. The van der Waals surface area contributed by atoms with E-state index in [-0.39, 0.29) is 10.7 Å². The SMILES string of the molecule is O=C1SC(=CC(Cl)=Cc2ccccc2)C(=O)N1c1cccc(O)c1. The zero-order valence-electron chi connectivity index (χ0n) is 12.3. The number of hydrogen-bond acceptors (Lipinski definition) is 4. The number of imide groups is 1. The summed E-state index contributed by atoms with van der Waals surface area (Å²) in [6, 6.07) is 15.4. The van der Waals surface area contributed by atoms with Crippen LogP contribution in [-0.2, 0) is 4.79 Å². The van der Waals surface area contributed by atoms with E-state index in [1.807, 2.05) is 30.3 Å². The van der Waals surface area contributed by atoms with Gasteiger partial charge in [0.15, 0.2) is 0 Å². The molecule has 0 spiro atoms. The third-order valence-corrected chi connectivity index (χ3v) is 4.34. The van der Waals surface area contributed by atoms with Crippen LogP contribution in [0, 0.1) is 0 Å². The van der Waals surface area contributed by atoms with Gasteiger partial charge in [-0.3, -0.25) is 9.59 Å². The molecule has 1 aliphatic rings. The summed E-state index contributed by atoms with van der Waals surface area (Å²) in [6.07, 6.45) is 3.19. The molecule has 2 amide bonds. The molecule has 0 bridgehead atoms. The maximum absolute atomic E-state index is 12.5. The molecule has 24 heavy (non-hydrogen) atoms. The van der Waals surface area contributed by atoms with Crippen LogP contribution >= 0.6 is 23.4 Å². The Kier molecular flexibility index (Phi) is 4.74. The lowest BCUT2D eigenvalue weighted by Crippen LogP contribution is -2.27. The van der Waals surface area contributed by atoms with E-state index in [1.54, 1.807) is 18.2 Å². The number of phenolic OH excluding ortho intramolecular Hbond substituents is 1. The van der Waals surface area contributed by atoms with Gasteiger partial charge in [-0.2, -0.15) is 0 Å². The number of benzene rings is 2. The van der Waals surface area contributed by atoms with E-state index in [4.69, 9.17) is 11.6 Å². The Bertz CT molecular complexity index is 862. The van der Waals surface area contributed by atoms with Gasteiger partial charge in [-0.1, -0.05) is 48.0 Å². The molecule has 3 rings (SSSR count). The second kappa shape index (κ2) is 6.95. The van der Waals surface area contributed by atoms with Gasteiger partial charge in [0.1, 0.15) is 5.75 Å². The molecule has 1 aliphatic heterocycles. The lowest BCUT2D eigenvalue weighted by atomic mass is 10.2. The molecule has 1 heterocycles. The summed E-state index contributed by atoms with van der Waals surface area (Å²) in [5, 5.41) is 9.44.